The summed E-state index contributed by atoms with van der Waals surface area (Å²) in [5, 5.41) is 13.1. The number of aliphatic hydroxyl groups excluding tert-OH is 1. The van der Waals surface area contributed by atoms with Crippen molar-refractivity contribution in [2.45, 2.75) is 45.6 Å². The second kappa shape index (κ2) is 6.34. The Morgan fingerprint density at radius 1 is 1.39 bits per heavy atom. The summed E-state index contributed by atoms with van der Waals surface area (Å²) < 4.78 is 2.15. The Morgan fingerprint density at radius 2 is 2.17 bits per heavy atom. The number of nitrogens with zero attached hydrogens (tertiary/aromatic N) is 2. The monoisotopic (exact) mass is 251 g/mol. The van der Waals surface area contributed by atoms with Crippen molar-refractivity contribution < 1.29 is 5.11 Å². The van der Waals surface area contributed by atoms with E-state index < -0.39 is 0 Å². The maximum absolute atomic E-state index is 9.61. The van der Waals surface area contributed by atoms with E-state index in [4.69, 9.17) is 0 Å². The van der Waals surface area contributed by atoms with Crippen LogP contribution in [0.25, 0.3) is 0 Å². The van der Waals surface area contributed by atoms with Crippen LogP contribution in [0.5, 0.6) is 0 Å². The second-order valence-electron chi connectivity index (χ2n) is 5.56. The van der Waals surface area contributed by atoms with Crippen LogP contribution in [0.4, 0.5) is 0 Å². The standard InChI is InChI=1S/C14H25N3O/c1-13-16-8-10-17(13)9-7-15-11-14(12-18)5-3-2-4-6-14/h8,10,15,18H,2-7,9,11-12H2,1H3. The fourth-order valence-corrected chi connectivity index (χ4v) is 2.89. The van der Waals surface area contributed by atoms with Crippen LogP contribution >= 0.6 is 0 Å². The van der Waals surface area contributed by atoms with Crippen LogP contribution in [-0.4, -0.2) is 34.4 Å². The maximum Gasteiger partial charge on any atom is 0.105 e. The average Bonchev–Trinajstić information content (AvgIpc) is 2.82. The zero-order valence-corrected chi connectivity index (χ0v) is 11.4. The summed E-state index contributed by atoms with van der Waals surface area (Å²) in [5.41, 5.74) is 0.141. The molecule has 1 aromatic rings. The summed E-state index contributed by atoms with van der Waals surface area (Å²) >= 11 is 0. The summed E-state index contributed by atoms with van der Waals surface area (Å²) in [5.74, 6) is 1.06. The van der Waals surface area contributed by atoms with E-state index in [1.807, 2.05) is 19.3 Å². The smallest absolute Gasteiger partial charge is 0.105 e. The van der Waals surface area contributed by atoms with Crippen molar-refractivity contribution in [2.75, 3.05) is 19.7 Å². The molecule has 0 bridgehead atoms. The first-order valence-corrected chi connectivity index (χ1v) is 7.05. The number of aromatic nitrogens is 2. The molecule has 4 nitrogen and oxygen atoms in total. The van der Waals surface area contributed by atoms with Crippen LogP contribution in [0, 0.1) is 12.3 Å². The SMILES string of the molecule is Cc1nccn1CCNCC1(CO)CCCCC1. The molecule has 1 aromatic heterocycles. The molecular weight excluding hydrogens is 226 g/mol. The first-order chi connectivity index (χ1) is 8.76. The summed E-state index contributed by atoms with van der Waals surface area (Å²) in [6.07, 6.45) is 10.0. The van der Waals surface area contributed by atoms with Gasteiger partial charge in [0.25, 0.3) is 0 Å². The third-order valence-corrected chi connectivity index (χ3v) is 4.20. The van der Waals surface area contributed by atoms with Crippen LogP contribution in [-0.2, 0) is 6.54 Å². The molecule has 0 radical (unpaired) electrons. The van der Waals surface area contributed by atoms with Crippen molar-refractivity contribution in [3.63, 3.8) is 0 Å². The van der Waals surface area contributed by atoms with Crippen LogP contribution in [0.1, 0.15) is 37.9 Å². The molecule has 2 N–H and O–H groups in total. The van der Waals surface area contributed by atoms with E-state index >= 15 is 0 Å². The molecule has 0 spiro atoms. The third-order valence-electron chi connectivity index (χ3n) is 4.20. The van der Waals surface area contributed by atoms with Crippen molar-refractivity contribution in [1.29, 1.82) is 0 Å². The van der Waals surface area contributed by atoms with Gasteiger partial charge in [0.05, 0.1) is 0 Å². The quantitative estimate of drug-likeness (QED) is 0.757. The number of aryl methyl sites for hydroxylation is 1. The van der Waals surface area contributed by atoms with E-state index in [-0.39, 0.29) is 5.41 Å². The molecule has 1 fully saturated rings. The number of hydrogen-bond acceptors (Lipinski definition) is 3. The van der Waals surface area contributed by atoms with Gasteiger partial charge in [-0.1, -0.05) is 19.3 Å². The summed E-state index contributed by atoms with van der Waals surface area (Å²) in [6.45, 7) is 5.18. The molecule has 4 heteroatoms. The van der Waals surface area contributed by atoms with E-state index in [9.17, 15) is 5.11 Å². The molecule has 0 aromatic carbocycles. The van der Waals surface area contributed by atoms with Crippen LogP contribution in [0.2, 0.25) is 0 Å². The van der Waals surface area contributed by atoms with E-state index in [0.29, 0.717) is 6.61 Å². The Bertz CT molecular complexity index is 356. The van der Waals surface area contributed by atoms with Gasteiger partial charge in [-0.2, -0.15) is 0 Å². The Labute approximate surface area is 109 Å². The lowest BCUT2D eigenvalue weighted by atomic mass is 9.74. The molecule has 0 saturated heterocycles. The second-order valence-corrected chi connectivity index (χ2v) is 5.56. The number of hydrogen-bond donors (Lipinski definition) is 2. The van der Waals surface area contributed by atoms with Crippen LogP contribution in [0.15, 0.2) is 12.4 Å². The Balaban J connectivity index is 1.72. The van der Waals surface area contributed by atoms with Gasteiger partial charge in [0.15, 0.2) is 0 Å². The highest BCUT2D eigenvalue weighted by Gasteiger charge is 2.30. The predicted octanol–water partition coefficient (Wildman–Crippen LogP) is 1.72. The lowest BCUT2D eigenvalue weighted by Gasteiger charge is -2.35. The number of rotatable bonds is 6. The third kappa shape index (κ3) is 3.33. The Hall–Kier alpha value is -0.870. The van der Waals surface area contributed by atoms with E-state index in [2.05, 4.69) is 14.9 Å². The minimum absolute atomic E-state index is 0.141. The van der Waals surface area contributed by atoms with Crippen molar-refractivity contribution in [2.24, 2.45) is 5.41 Å². The molecule has 1 aliphatic carbocycles. The molecule has 0 unspecified atom stereocenters. The predicted molar refractivity (Wildman–Crippen MR) is 72.4 cm³/mol. The van der Waals surface area contributed by atoms with E-state index in [1.165, 1.54) is 32.1 Å². The normalized spacial score (nSPS) is 19.0. The average molecular weight is 251 g/mol. The molecule has 1 saturated carbocycles. The van der Waals surface area contributed by atoms with Gasteiger partial charge in [-0.3, -0.25) is 0 Å². The van der Waals surface area contributed by atoms with Crippen LogP contribution < -0.4 is 5.32 Å². The number of aliphatic hydroxyl groups is 1. The van der Waals surface area contributed by atoms with Crippen molar-refractivity contribution in [3.8, 4) is 0 Å². The van der Waals surface area contributed by atoms with Gasteiger partial charge >= 0.3 is 0 Å². The van der Waals surface area contributed by atoms with E-state index in [0.717, 1.165) is 25.5 Å². The zero-order valence-electron chi connectivity index (χ0n) is 11.4. The largest absolute Gasteiger partial charge is 0.396 e. The molecule has 1 aliphatic rings. The van der Waals surface area contributed by atoms with Crippen molar-refractivity contribution in [1.82, 2.24) is 14.9 Å². The van der Waals surface area contributed by atoms with Gasteiger partial charge in [-0.05, 0) is 19.8 Å². The number of imidazole rings is 1. The first kappa shape index (κ1) is 13.6. The number of nitrogens with one attached hydrogen (secondary N) is 1. The van der Waals surface area contributed by atoms with Gasteiger partial charge in [0.1, 0.15) is 5.82 Å². The van der Waals surface area contributed by atoms with Gasteiger partial charge in [0.2, 0.25) is 0 Å². The summed E-state index contributed by atoms with van der Waals surface area (Å²) in [4.78, 5) is 4.21. The highest BCUT2D eigenvalue weighted by molar-refractivity contribution is 4.89. The molecule has 102 valence electrons. The lowest BCUT2D eigenvalue weighted by Crippen LogP contribution is -2.40. The molecular formula is C14H25N3O. The molecule has 0 amide bonds. The van der Waals surface area contributed by atoms with Gasteiger partial charge in [-0.15, -0.1) is 0 Å². The van der Waals surface area contributed by atoms with Crippen molar-refractivity contribution in [3.05, 3.63) is 18.2 Å². The Morgan fingerprint density at radius 3 is 2.78 bits per heavy atom. The molecule has 2 rings (SSSR count). The maximum atomic E-state index is 9.61. The molecule has 0 atom stereocenters. The van der Waals surface area contributed by atoms with E-state index in [1.54, 1.807) is 0 Å². The Kier molecular flexibility index (Phi) is 4.78. The summed E-state index contributed by atoms with van der Waals surface area (Å²) in [7, 11) is 0. The highest BCUT2D eigenvalue weighted by Crippen LogP contribution is 2.35. The van der Waals surface area contributed by atoms with Gasteiger partial charge in [0, 0.05) is 44.0 Å². The minimum atomic E-state index is 0.141. The molecule has 1 heterocycles. The fourth-order valence-electron chi connectivity index (χ4n) is 2.89. The first-order valence-electron chi connectivity index (χ1n) is 7.05. The molecule has 18 heavy (non-hydrogen) atoms. The van der Waals surface area contributed by atoms with Gasteiger partial charge in [-0.25, -0.2) is 4.98 Å². The molecule has 0 aliphatic heterocycles. The fraction of sp³-hybridized carbons (Fsp3) is 0.786. The van der Waals surface area contributed by atoms with Crippen LogP contribution in [0.3, 0.4) is 0 Å². The zero-order chi connectivity index (χ0) is 12.8. The minimum Gasteiger partial charge on any atom is -0.396 e. The lowest BCUT2D eigenvalue weighted by molar-refractivity contribution is 0.0813. The highest BCUT2D eigenvalue weighted by atomic mass is 16.3. The topological polar surface area (TPSA) is 50.1 Å². The summed E-state index contributed by atoms with van der Waals surface area (Å²) in [6, 6.07) is 0. The van der Waals surface area contributed by atoms with Gasteiger partial charge < -0.3 is 15.0 Å². The van der Waals surface area contributed by atoms with Crippen molar-refractivity contribution >= 4 is 0 Å².